The van der Waals surface area contributed by atoms with Gasteiger partial charge in [0.1, 0.15) is 11.6 Å². The van der Waals surface area contributed by atoms with Crippen LogP contribution in [0.1, 0.15) is 29.7 Å². The number of phenols is 1. The number of Topliss-reactive ketones (excluding diaryl/α,β-unsaturated/α-hetero) is 1. The first kappa shape index (κ1) is 23.0. The fraction of sp³-hybridized carbons (Fsp3) is 0.185. The molecule has 1 saturated heterocycles. The van der Waals surface area contributed by atoms with E-state index in [1.54, 1.807) is 19.1 Å². The van der Waals surface area contributed by atoms with Crippen LogP contribution in [0.3, 0.4) is 0 Å². The van der Waals surface area contributed by atoms with Gasteiger partial charge < -0.3 is 19.8 Å². The Morgan fingerprint density at radius 1 is 1.03 bits per heavy atom. The number of halogens is 1. The minimum Gasteiger partial charge on any atom is -0.507 e. The van der Waals surface area contributed by atoms with E-state index in [-0.39, 0.29) is 29.2 Å². The van der Waals surface area contributed by atoms with Gasteiger partial charge in [-0.3, -0.25) is 9.59 Å². The second-order valence-corrected chi connectivity index (χ2v) is 7.90. The number of benzene rings is 3. The fourth-order valence-corrected chi connectivity index (χ4v) is 4.09. The van der Waals surface area contributed by atoms with Gasteiger partial charge in [-0.15, -0.1) is 0 Å². The van der Waals surface area contributed by atoms with E-state index in [0.717, 1.165) is 5.56 Å². The molecule has 174 valence electrons. The van der Waals surface area contributed by atoms with Gasteiger partial charge >= 0.3 is 0 Å². The summed E-state index contributed by atoms with van der Waals surface area (Å²) >= 11 is 0. The molecule has 3 aromatic carbocycles. The molecule has 4 rings (SSSR count). The number of nitrogens with zero attached hydrogens (tertiary/aromatic N) is 1. The number of likely N-dealkylation sites (tertiary alicyclic amines) is 1. The molecule has 7 heteroatoms. The Kier molecular flexibility index (Phi) is 6.63. The third-order valence-electron chi connectivity index (χ3n) is 5.74. The lowest BCUT2D eigenvalue weighted by Crippen LogP contribution is -2.31. The SMILES string of the molecule is CCOc1cc(C2/C(=C(\O)c3ccc(F)cc3)C(=O)C(=O)N2CCc2ccccc2)ccc1O. The van der Waals surface area contributed by atoms with Crippen molar-refractivity contribution in [2.24, 2.45) is 0 Å². The number of rotatable bonds is 7. The Morgan fingerprint density at radius 2 is 1.74 bits per heavy atom. The monoisotopic (exact) mass is 461 g/mol. The molecule has 1 amide bonds. The van der Waals surface area contributed by atoms with Gasteiger partial charge in [0.25, 0.3) is 11.7 Å². The van der Waals surface area contributed by atoms with E-state index in [4.69, 9.17) is 4.74 Å². The van der Waals surface area contributed by atoms with Crippen LogP contribution in [-0.4, -0.2) is 40.0 Å². The number of aromatic hydroxyl groups is 1. The van der Waals surface area contributed by atoms with Crippen molar-refractivity contribution >= 4 is 17.4 Å². The third-order valence-corrected chi connectivity index (χ3v) is 5.74. The summed E-state index contributed by atoms with van der Waals surface area (Å²) in [4.78, 5) is 27.6. The average Bonchev–Trinajstić information content (AvgIpc) is 3.10. The second kappa shape index (κ2) is 9.79. The number of ketones is 1. The molecular formula is C27H24FNO5. The maximum Gasteiger partial charge on any atom is 0.295 e. The molecule has 0 aliphatic carbocycles. The van der Waals surface area contributed by atoms with Crippen LogP contribution in [-0.2, 0) is 16.0 Å². The third kappa shape index (κ3) is 4.50. The van der Waals surface area contributed by atoms with E-state index in [0.29, 0.717) is 18.6 Å². The standard InChI is InChI=1S/C27H24FNO5/c1-2-34-22-16-19(10-13-21(22)30)24-23(25(31)18-8-11-20(28)12-9-18)26(32)27(33)29(24)15-14-17-6-4-3-5-7-17/h3-13,16,24,30-31H,2,14-15H2,1H3/b25-23+. The zero-order chi connectivity index (χ0) is 24.2. The van der Waals surface area contributed by atoms with Crippen molar-refractivity contribution in [3.05, 3.63) is 101 Å². The van der Waals surface area contributed by atoms with E-state index < -0.39 is 29.3 Å². The molecule has 34 heavy (non-hydrogen) atoms. The molecule has 3 aromatic rings. The molecule has 2 N–H and O–H groups in total. The van der Waals surface area contributed by atoms with Gasteiger partial charge in [0, 0.05) is 12.1 Å². The molecule has 0 aromatic heterocycles. The van der Waals surface area contributed by atoms with Gasteiger partial charge in [0.15, 0.2) is 11.5 Å². The Balaban J connectivity index is 1.81. The highest BCUT2D eigenvalue weighted by Gasteiger charge is 2.46. The number of amides is 1. The number of aliphatic hydroxyl groups excluding tert-OH is 1. The first-order valence-electron chi connectivity index (χ1n) is 10.9. The van der Waals surface area contributed by atoms with Crippen LogP contribution in [0, 0.1) is 5.82 Å². The van der Waals surface area contributed by atoms with E-state index in [2.05, 4.69) is 0 Å². The number of aliphatic hydroxyl groups is 1. The van der Waals surface area contributed by atoms with Crippen molar-refractivity contribution in [1.29, 1.82) is 0 Å². The molecule has 0 spiro atoms. The summed E-state index contributed by atoms with van der Waals surface area (Å²) in [6.07, 6.45) is 0.497. The maximum absolute atomic E-state index is 13.4. The van der Waals surface area contributed by atoms with E-state index >= 15 is 0 Å². The molecule has 1 heterocycles. The molecule has 0 saturated carbocycles. The summed E-state index contributed by atoms with van der Waals surface area (Å²) in [5, 5.41) is 21.2. The van der Waals surface area contributed by atoms with Crippen molar-refractivity contribution in [1.82, 2.24) is 4.90 Å². The highest BCUT2D eigenvalue weighted by Crippen LogP contribution is 2.41. The molecule has 1 aliphatic heterocycles. The zero-order valence-electron chi connectivity index (χ0n) is 18.6. The van der Waals surface area contributed by atoms with Crippen molar-refractivity contribution in [3.63, 3.8) is 0 Å². The first-order valence-corrected chi connectivity index (χ1v) is 10.9. The summed E-state index contributed by atoms with van der Waals surface area (Å²) in [5.41, 5.74) is 1.61. The Hall–Kier alpha value is -4.13. The number of hydrogen-bond donors (Lipinski definition) is 2. The smallest absolute Gasteiger partial charge is 0.295 e. The minimum absolute atomic E-state index is 0.0784. The molecule has 1 atom stereocenters. The molecule has 0 bridgehead atoms. The fourth-order valence-electron chi connectivity index (χ4n) is 4.09. The number of carbonyl (C=O) groups is 2. The number of hydrogen-bond acceptors (Lipinski definition) is 5. The number of ether oxygens (including phenoxy) is 1. The summed E-state index contributed by atoms with van der Waals surface area (Å²) in [6, 6.07) is 18.2. The van der Waals surface area contributed by atoms with Crippen LogP contribution in [0.25, 0.3) is 5.76 Å². The average molecular weight is 461 g/mol. The van der Waals surface area contributed by atoms with Crippen molar-refractivity contribution < 1.29 is 28.9 Å². The topological polar surface area (TPSA) is 87.1 Å². The van der Waals surface area contributed by atoms with Crippen LogP contribution in [0.5, 0.6) is 11.5 Å². The highest BCUT2D eigenvalue weighted by molar-refractivity contribution is 6.46. The van der Waals surface area contributed by atoms with Crippen LogP contribution in [0.15, 0.2) is 78.4 Å². The summed E-state index contributed by atoms with van der Waals surface area (Å²) in [6.45, 7) is 2.30. The highest BCUT2D eigenvalue weighted by atomic mass is 19.1. The number of carbonyl (C=O) groups excluding carboxylic acids is 2. The summed E-state index contributed by atoms with van der Waals surface area (Å²) in [7, 11) is 0. The Bertz CT molecular complexity index is 1240. The lowest BCUT2D eigenvalue weighted by atomic mass is 9.95. The van der Waals surface area contributed by atoms with Crippen LogP contribution >= 0.6 is 0 Å². The lowest BCUT2D eigenvalue weighted by molar-refractivity contribution is -0.139. The van der Waals surface area contributed by atoms with Gasteiger partial charge in [0.2, 0.25) is 0 Å². The van der Waals surface area contributed by atoms with Crippen LogP contribution in [0.4, 0.5) is 4.39 Å². The first-order chi connectivity index (χ1) is 16.4. The van der Waals surface area contributed by atoms with E-state index in [1.165, 1.54) is 35.2 Å². The van der Waals surface area contributed by atoms with E-state index in [9.17, 15) is 24.2 Å². The predicted molar refractivity (Wildman–Crippen MR) is 125 cm³/mol. The molecule has 0 radical (unpaired) electrons. The minimum atomic E-state index is -0.909. The molecular weight excluding hydrogens is 437 g/mol. The summed E-state index contributed by atoms with van der Waals surface area (Å²) in [5.74, 6) is -2.32. The zero-order valence-corrected chi connectivity index (χ0v) is 18.6. The molecule has 1 aliphatic rings. The van der Waals surface area contributed by atoms with Gasteiger partial charge in [-0.1, -0.05) is 36.4 Å². The lowest BCUT2D eigenvalue weighted by Gasteiger charge is -2.26. The van der Waals surface area contributed by atoms with Gasteiger partial charge in [-0.05, 0) is 60.9 Å². The quantitative estimate of drug-likeness (QED) is 0.305. The summed E-state index contributed by atoms with van der Waals surface area (Å²) < 4.78 is 18.9. The van der Waals surface area contributed by atoms with Crippen molar-refractivity contribution in [2.75, 3.05) is 13.2 Å². The van der Waals surface area contributed by atoms with E-state index in [1.807, 2.05) is 30.3 Å². The van der Waals surface area contributed by atoms with Gasteiger partial charge in [-0.2, -0.15) is 0 Å². The van der Waals surface area contributed by atoms with Crippen LogP contribution in [0.2, 0.25) is 0 Å². The largest absolute Gasteiger partial charge is 0.507 e. The molecule has 1 fully saturated rings. The molecule has 1 unspecified atom stereocenters. The second-order valence-electron chi connectivity index (χ2n) is 7.90. The maximum atomic E-state index is 13.4. The Morgan fingerprint density at radius 3 is 2.41 bits per heavy atom. The van der Waals surface area contributed by atoms with Crippen molar-refractivity contribution in [2.45, 2.75) is 19.4 Å². The van der Waals surface area contributed by atoms with Crippen molar-refractivity contribution in [3.8, 4) is 11.5 Å². The van der Waals surface area contributed by atoms with Crippen LogP contribution < -0.4 is 4.74 Å². The van der Waals surface area contributed by atoms with Gasteiger partial charge in [-0.25, -0.2) is 4.39 Å². The van der Waals surface area contributed by atoms with Gasteiger partial charge in [0.05, 0.1) is 18.2 Å². The predicted octanol–water partition coefficient (Wildman–Crippen LogP) is 4.59. The Labute approximate surface area is 196 Å². The molecule has 6 nitrogen and oxygen atoms in total. The normalized spacial score (nSPS) is 17.2. The number of phenolic OH excluding ortho intramolecular Hbond substituents is 1.